The van der Waals surface area contributed by atoms with Crippen LogP contribution in [0.4, 0.5) is 0 Å². The van der Waals surface area contributed by atoms with Crippen molar-refractivity contribution in [3.8, 4) is 0 Å². The molecular weight excluding hydrogens is 176 g/mol. The van der Waals surface area contributed by atoms with Gasteiger partial charge in [-0.3, -0.25) is 4.79 Å². The van der Waals surface area contributed by atoms with E-state index in [9.17, 15) is 4.79 Å². The van der Waals surface area contributed by atoms with Gasteiger partial charge in [-0.2, -0.15) is 0 Å². The van der Waals surface area contributed by atoms with Crippen LogP contribution in [-0.2, 0) is 4.79 Å². The van der Waals surface area contributed by atoms with Gasteiger partial charge in [-0.15, -0.1) is 0 Å². The van der Waals surface area contributed by atoms with Crippen molar-refractivity contribution in [2.45, 2.75) is 46.6 Å². The largest absolute Gasteiger partial charge is 0.342 e. The van der Waals surface area contributed by atoms with Crippen LogP contribution >= 0.6 is 0 Å². The first-order valence-corrected chi connectivity index (χ1v) is 5.57. The minimum atomic E-state index is -0.308. The van der Waals surface area contributed by atoms with Gasteiger partial charge in [0.2, 0.25) is 5.91 Å². The summed E-state index contributed by atoms with van der Waals surface area (Å²) in [5, 5.41) is 0. The predicted octanol–water partition coefficient (Wildman–Crippen LogP) is 1.62. The summed E-state index contributed by atoms with van der Waals surface area (Å²) >= 11 is 0. The monoisotopic (exact) mass is 200 g/mol. The van der Waals surface area contributed by atoms with Crippen LogP contribution in [0, 0.1) is 5.92 Å². The van der Waals surface area contributed by atoms with Gasteiger partial charge in [-0.25, -0.2) is 0 Å². The van der Waals surface area contributed by atoms with Gasteiger partial charge in [-0.1, -0.05) is 13.8 Å². The van der Waals surface area contributed by atoms with Crippen LogP contribution in [-0.4, -0.2) is 29.9 Å². The SMILES string of the molecule is CCN(CC)C(=O)C(N)CCC(C)C. The minimum Gasteiger partial charge on any atom is -0.342 e. The number of amides is 1. The quantitative estimate of drug-likeness (QED) is 0.708. The Bertz CT molecular complexity index is 165. The van der Waals surface area contributed by atoms with Crippen LogP contribution in [0.3, 0.4) is 0 Å². The van der Waals surface area contributed by atoms with Gasteiger partial charge in [0.15, 0.2) is 0 Å². The van der Waals surface area contributed by atoms with E-state index in [2.05, 4.69) is 13.8 Å². The maximum absolute atomic E-state index is 11.7. The first-order chi connectivity index (χ1) is 6.52. The fraction of sp³-hybridized carbons (Fsp3) is 0.909. The zero-order valence-electron chi connectivity index (χ0n) is 9.92. The number of rotatable bonds is 6. The second-order valence-electron chi connectivity index (χ2n) is 4.09. The molecule has 0 rings (SSSR count). The highest BCUT2D eigenvalue weighted by molar-refractivity contribution is 5.81. The molecule has 0 fully saturated rings. The van der Waals surface area contributed by atoms with Crippen molar-refractivity contribution in [3.63, 3.8) is 0 Å². The maximum atomic E-state index is 11.7. The highest BCUT2D eigenvalue weighted by Crippen LogP contribution is 2.07. The molecule has 0 heterocycles. The highest BCUT2D eigenvalue weighted by Gasteiger charge is 2.18. The van der Waals surface area contributed by atoms with Crippen molar-refractivity contribution in [1.29, 1.82) is 0 Å². The Kier molecular flexibility index (Phi) is 6.54. The summed E-state index contributed by atoms with van der Waals surface area (Å²) in [6.07, 6.45) is 1.82. The molecule has 0 aliphatic rings. The summed E-state index contributed by atoms with van der Waals surface area (Å²) in [7, 11) is 0. The molecule has 0 saturated heterocycles. The van der Waals surface area contributed by atoms with Crippen molar-refractivity contribution in [1.82, 2.24) is 4.90 Å². The number of carbonyl (C=O) groups excluding carboxylic acids is 1. The first kappa shape index (κ1) is 13.4. The van der Waals surface area contributed by atoms with Crippen LogP contribution in [0.2, 0.25) is 0 Å². The summed E-state index contributed by atoms with van der Waals surface area (Å²) in [6, 6.07) is -0.308. The second kappa shape index (κ2) is 6.82. The van der Waals surface area contributed by atoms with Crippen LogP contribution in [0.5, 0.6) is 0 Å². The summed E-state index contributed by atoms with van der Waals surface area (Å²) in [6.45, 7) is 9.77. The molecule has 0 bridgehead atoms. The van der Waals surface area contributed by atoms with Gasteiger partial charge in [0.1, 0.15) is 0 Å². The fourth-order valence-electron chi connectivity index (χ4n) is 1.41. The Morgan fingerprint density at radius 1 is 1.21 bits per heavy atom. The topological polar surface area (TPSA) is 46.3 Å². The number of carbonyl (C=O) groups is 1. The normalized spacial score (nSPS) is 13.0. The van der Waals surface area contributed by atoms with E-state index in [1.165, 1.54) is 0 Å². The van der Waals surface area contributed by atoms with Crippen molar-refractivity contribution in [2.75, 3.05) is 13.1 Å². The minimum absolute atomic E-state index is 0.0932. The Balaban J connectivity index is 3.97. The highest BCUT2D eigenvalue weighted by atomic mass is 16.2. The Labute approximate surface area is 87.6 Å². The van der Waals surface area contributed by atoms with Gasteiger partial charge in [0, 0.05) is 13.1 Å². The molecule has 0 spiro atoms. The molecule has 84 valence electrons. The number of hydrogen-bond acceptors (Lipinski definition) is 2. The average molecular weight is 200 g/mol. The molecule has 1 amide bonds. The molecule has 0 aliphatic carbocycles. The molecule has 1 unspecified atom stereocenters. The van der Waals surface area contributed by atoms with Gasteiger partial charge < -0.3 is 10.6 Å². The van der Waals surface area contributed by atoms with Crippen LogP contribution in [0.25, 0.3) is 0 Å². The zero-order chi connectivity index (χ0) is 11.1. The Morgan fingerprint density at radius 2 is 1.71 bits per heavy atom. The van der Waals surface area contributed by atoms with Crippen LogP contribution in [0.1, 0.15) is 40.5 Å². The van der Waals surface area contributed by atoms with E-state index < -0.39 is 0 Å². The van der Waals surface area contributed by atoms with Crippen LogP contribution < -0.4 is 5.73 Å². The van der Waals surface area contributed by atoms with E-state index in [1.807, 2.05) is 13.8 Å². The fourth-order valence-corrected chi connectivity index (χ4v) is 1.41. The van der Waals surface area contributed by atoms with Gasteiger partial charge in [0.05, 0.1) is 6.04 Å². The predicted molar refractivity (Wildman–Crippen MR) is 60.0 cm³/mol. The van der Waals surface area contributed by atoms with E-state index in [0.29, 0.717) is 5.92 Å². The number of hydrogen-bond donors (Lipinski definition) is 1. The molecule has 0 aromatic heterocycles. The maximum Gasteiger partial charge on any atom is 0.239 e. The molecule has 3 nitrogen and oxygen atoms in total. The molecule has 14 heavy (non-hydrogen) atoms. The molecular formula is C11H24N2O. The first-order valence-electron chi connectivity index (χ1n) is 5.57. The third-order valence-electron chi connectivity index (χ3n) is 2.45. The van der Waals surface area contributed by atoms with Crippen LogP contribution in [0.15, 0.2) is 0 Å². The van der Waals surface area contributed by atoms with Gasteiger partial charge in [0.25, 0.3) is 0 Å². The van der Waals surface area contributed by atoms with Crippen molar-refractivity contribution in [2.24, 2.45) is 11.7 Å². The molecule has 0 aromatic rings. The zero-order valence-corrected chi connectivity index (χ0v) is 9.92. The lowest BCUT2D eigenvalue weighted by molar-refractivity contribution is -0.132. The molecule has 0 aromatic carbocycles. The molecule has 1 atom stereocenters. The standard InChI is InChI=1S/C11H24N2O/c1-5-13(6-2)11(14)10(12)8-7-9(3)4/h9-10H,5-8,12H2,1-4H3. The Morgan fingerprint density at radius 3 is 2.07 bits per heavy atom. The third kappa shape index (κ3) is 4.61. The third-order valence-corrected chi connectivity index (χ3v) is 2.45. The number of nitrogens with two attached hydrogens (primary N) is 1. The van der Waals surface area contributed by atoms with E-state index >= 15 is 0 Å². The van der Waals surface area contributed by atoms with Crippen molar-refractivity contribution >= 4 is 5.91 Å². The number of likely N-dealkylation sites (N-methyl/N-ethyl adjacent to an activating group) is 1. The summed E-state index contributed by atoms with van der Waals surface area (Å²) in [5.41, 5.74) is 5.83. The second-order valence-corrected chi connectivity index (χ2v) is 4.09. The lowest BCUT2D eigenvalue weighted by atomic mass is 10.0. The van der Waals surface area contributed by atoms with Gasteiger partial charge in [-0.05, 0) is 32.6 Å². The summed E-state index contributed by atoms with van der Waals surface area (Å²) in [4.78, 5) is 13.5. The summed E-state index contributed by atoms with van der Waals surface area (Å²) in [5.74, 6) is 0.709. The molecule has 0 radical (unpaired) electrons. The van der Waals surface area contributed by atoms with E-state index in [4.69, 9.17) is 5.73 Å². The van der Waals surface area contributed by atoms with E-state index in [1.54, 1.807) is 4.90 Å². The summed E-state index contributed by atoms with van der Waals surface area (Å²) < 4.78 is 0. The lowest BCUT2D eigenvalue weighted by Gasteiger charge is -2.23. The van der Waals surface area contributed by atoms with E-state index in [-0.39, 0.29) is 11.9 Å². The van der Waals surface area contributed by atoms with Crippen molar-refractivity contribution < 1.29 is 4.79 Å². The lowest BCUT2D eigenvalue weighted by Crippen LogP contribution is -2.43. The van der Waals surface area contributed by atoms with Crippen molar-refractivity contribution in [3.05, 3.63) is 0 Å². The van der Waals surface area contributed by atoms with E-state index in [0.717, 1.165) is 25.9 Å². The Hall–Kier alpha value is -0.570. The molecule has 2 N–H and O–H groups in total. The molecule has 0 aliphatic heterocycles. The molecule has 0 saturated carbocycles. The molecule has 3 heteroatoms. The van der Waals surface area contributed by atoms with Gasteiger partial charge >= 0.3 is 0 Å². The number of nitrogens with zero attached hydrogens (tertiary/aromatic N) is 1. The average Bonchev–Trinajstić information content (AvgIpc) is 2.15. The smallest absolute Gasteiger partial charge is 0.239 e.